The zero-order valence-electron chi connectivity index (χ0n) is 10.6. The highest BCUT2D eigenvalue weighted by molar-refractivity contribution is 5.85. The van der Waals surface area contributed by atoms with Gasteiger partial charge in [-0.3, -0.25) is 0 Å². The van der Waals surface area contributed by atoms with Crippen molar-refractivity contribution in [2.75, 3.05) is 18.5 Å². The van der Waals surface area contributed by atoms with Gasteiger partial charge in [0.05, 0.1) is 0 Å². The molecule has 1 atom stereocenters. The molecule has 0 saturated carbocycles. The zero-order valence-corrected chi connectivity index (χ0v) is 10.6. The highest BCUT2D eigenvalue weighted by atomic mass is 15.1. The maximum absolute atomic E-state index is 5.61. The Hall–Kier alpha value is -1.54. The molecule has 0 heterocycles. The van der Waals surface area contributed by atoms with E-state index in [0.29, 0.717) is 6.04 Å². The molecule has 0 radical (unpaired) electrons. The summed E-state index contributed by atoms with van der Waals surface area (Å²) in [7, 11) is 2.13. The van der Waals surface area contributed by atoms with Gasteiger partial charge in [0, 0.05) is 18.8 Å². The van der Waals surface area contributed by atoms with Crippen LogP contribution in [-0.2, 0) is 0 Å². The first-order valence-electron chi connectivity index (χ1n) is 6.14. The van der Waals surface area contributed by atoms with Crippen LogP contribution in [0.1, 0.15) is 13.3 Å². The van der Waals surface area contributed by atoms with Crippen molar-refractivity contribution in [3.05, 3.63) is 42.5 Å². The number of nitrogens with zero attached hydrogens (tertiary/aromatic N) is 1. The summed E-state index contributed by atoms with van der Waals surface area (Å²) in [6.07, 6.45) is 1.02. The standard InChI is InChI=1S/C15H20N2/c1-12(9-10-16)17(2)15-8-7-13-5-3-4-6-14(13)11-15/h3-8,11-12H,9-10,16H2,1-2H3. The normalized spacial score (nSPS) is 12.6. The number of hydrogen-bond acceptors (Lipinski definition) is 2. The molecular weight excluding hydrogens is 208 g/mol. The van der Waals surface area contributed by atoms with Crippen LogP contribution < -0.4 is 10.6 Å². The molecule has 2 nitrogen and oxygen atoms in total. The summed E-state index contributed by atoms with van der Waals surface area (Å²) in [4.78, 5) is 2.29. The Balaban J connectivity index is 2.29. The van der Waals surface area contributed by atoms with Crippen LogP contribution in [0.25, 0.3) is 10.8 Å². The van der Waals surface area contributed by atoms with Crippen molar-refractivity contribution in [2.45, 2.75) is 19.4 Å². The lowest BCUT2D eigenvalue weighted by Gasteiger charge is -2.27. The summed E-state index contributed by atoms with van der Waals surface area (Å²) in [6, 6.07) is 15.5. The van der Waals surface area contributed by atoms with E-state index in [1.807, 2.05) is 0 Å². The van der Waals surface area contributed by atoms with Crippen molar-refractivity contribution in [1.82, 2.24) is 0 Å². The Morgan fingerprint density at radius 3 is 2.53 bits per heavy atom. The average Bonchev–Trinajstić information content (AvgIpc) is 2.37. The fourth-order valence-corrected chi connectivity index (χ4v) is 2.09. The minimum atomic E-state index is 0.473. The number of benzene rings is 2. The summed E-state index contributed by atoms with van der Waals surface area (Å²) in [5.41, 5.74) is 6.86. The SMILES string of the molecule is CC(CCN)N(C)c1ccc2ccccc2c1. The van der Waals surface area contributed by atoms with Gasteiger partial charge < -0.3 is 10.6 Å². The maximum Gasteiger partial charge on any atom is 0.0372 e. The van der Waals surface area contributed by atoms with Crippen molar-refractivity contribution in [3.63, 3.8) is 0 Å². The van der Waals surface area contributed by atoms with Gasteiger partial charge in [-0.15, -0.1) is 0 Å². The molecule has 90 valence electrons. The number of hydrogen-bond donors (Lipinski definition) is 1. The molecule has 2 N–H and O–H groups in total. The summed E-state index contributed by atoms with van der Waals surface area (Å²) in [5, 5.41) is 2.58. The van der Waals surface area contributed by atoms with Crippen molar-refractivity contribution in [2.24, 2.45) is 5.73 Å². The lowest BCUT2D eigenvalue weighted by atomic mass is 10.1. The predicted octanol–water partition coefficient (Wildman–Crippen LogP) is 3.01. The second-order valence-corrected chi connectivity index (χ2v) is 4.57. The molecule has 0 aliphatic rings. The monoisotopic (exact) mass is 228 g/mol. The van der Waals surface area contributed by atoms with Gasteiger partial charge in [0.25, 0.3) is 0 Å². The number of fused-ring (bicyclic) bond motifs is 1. The first-order valence-corrected chi connectivity index (χ1v) is 6.14. The first-order chi connectivity index (χ1) is 8.22. The second kappa shape index (κ2) is 5.19. The second-order valence-electron chi connectivity index (χ2n) is 4.57. The summed E-state index contributed by atoms with van der Waals surface area (Å²) >= 11 is 0. The van der Waals surface area contributed by atoms with E-state index >= 15 is 0 Å². The van der Waals surface area contributed by atoms with Crippen LogP contribution in [0, 0.1) is 0 Å². The first kappa shape index (κ1) is 11.9. The summed E-state index contributed by atoms with van der Waals surface area (Å²) in [6.45, 7) is 2.95. The largest absolute Gasteiger partial charge is 0.372 e. The van der Waals surface area contributed by atoms with Gasteiger partial charge in [-0.2, -0.15) is 0 Å². The summed E-state index contributed by atoms with van der Waals surface area (Å²) < 4.78 is 0. The third-order valence-electron chi connectivity index (χ3n) is 3.39. The van der Waals surface area contributed by atoms with Crippen LogP contribution >= 0.6 is 0 Å². The minimum absolute atomic E-state index is 0.473. The molecule has 0 aliphatic heterocycles. The molecule has 2 rings (SSSR count). The Morgan fingerprint density at radius 2 is 1.82 bits per heavy atom. The van der Waals surface area contributed by atoms with Crippen LogP contribution in [0.2, 0.25) is 0 Å². The van der Waals surface area contributed by atoms with Crippen molar-refractivity contribution in [3.8, 4) is 0 Å². The Kier molecular flexibility index (Phi) is 3.64. The zero-order chi connectivity index (χ0) is 12.3. The van der Waals surface area contributed by atoms with Gasteiger partial charge >= 0.3 is 0 Å². The van der Waals surface area contributed by atoms with Crippen molar-refractivity contribution >= 4 is 16.5 Å². The van der Waals surface area contributed by atoms with E-state index in [1.165, 1.54) is 16.5 Å². The van der Waals surface area contributed by atoms with Crippen LogP contribution in [0.5, 0.6) is 0 Å². The molecule has 2 aromatic carbocycles. The van der Waals surface area contributed by atoms with Gasteiger partial charge in [-0.1, -0.05) is 30.3 Å². The molecule has 0 amide bonds. The molecule has 1 unspecified atom stereocenters. The minimum Gasteiger partial charge on any atom is -0.372 e. The molecule has 0 fully saturated rings. The maximum atomic E-state index is 5.61. The number of anilines is 1. The quantitative estimate of drug-likeness (QED) is 0.871. The number of nitrogens with two attached hydrogens (primary N) is 1. The highest BCUT2D eigenvalue weighted by Gasteiger charge is 2.09. The fraction of sp³-hybridized carbons (Fsp3) is 0.333. The Morgan fingerprint density at radius 1 is 1.12 bits per heavy atom. The highest BCUT2D eigenvalue weighted by Crippen LogP contribution is 2.22. The third-order valence-corrected chi connectivity index (χ3v) is 3.39. The Bertz CT molecular complexity index is 493. The van der Waals surface area contributed by atoms with Gasteiger partial charge in [0.1, 0.15) is 0 Å². The topological polar surface area (TPSA) is 29.3 Å². The lowest BCUT2D eigenvalue weighted by molar-refractivity contribution is 0.635. The van der Waals surface area contributed by atoms with Crippen molar-refractivity contribution in [1.29, 1.82) is 0 Å². The summed E-state index contributed by atoms with van der Waals surface area (Å²) in [5.74, 6) is 0. The van der Waals surface area contributed by atoms with Crippen LogP contribution in [0.3, 0.4) is 0 Å². The van der Waals surface area contributed by atoms with E-state index in [-0.39, 0.29) is 0 Å². The molecule has 17 heavy (non-hydrogen) atoms. The molecule has 0 saturated heterocycles. The van der Waals surface area contributed by atoms with Gasteiger partial charge in [0.15, 0.2) is 0 Å². The lowest BCUT2D eigenvalue weighted by Crippen LogP contribution is -2.30. The third kappa shape index (κ3) is 2.59. The molecule has 0 bridgehead atoms. The molecule has 0 aromatic heterocycles. The smallest absolute Gasteiger partial charge is 0.0372 e. The predicted molar refractivity (Wildman–Crippen MR) is 75.5 cm³/mol. The average molecular weight is 228 g/mol. The Labute approximate surface area is 103 Å². The molecular formula is C15H20N2. The molecule has 0 aliphatic carbocycles. The van der Waals surface area contributed by atoms with Crippen molar-refractivity contribution < 1.29 is 0 Å². The fourth-order valence-electron chi connectivity index (χ4n) is 2.09. The molecule has 0 spiro atoms. The van der Waals surface area contributed by atoms with E-state index in [0.717, 1.165) is 13.0 Å². The van der Waals surface area contributed by atoms with E-state index in [2.05, 4.69) is 61.3 Å². The van der Waals surface area contributed by atoms with E-state index < -0.39 is 0 Å². The number of rotatable bonds is 4. The van der Waals surface area contributed by atoms with Gasteiger partial charge in [-0.05, 0) is 42.8 Å². The van der Waals surface area contributed by atoms with E-state index in [4.69, 9.17) is 5.73 Å². The molecule has 2 aromatic rings. The van der Waals surface area contributed by atoms with Crippen LogP contribution in [0.15, 0.2) is 42.5 Å². The molecule has 2 heteroatoms. The van der Waals surface area contributed by atoms with E-state index in [9.17, 15) is 0 Å². The van der Waals surface area contributed by atoms with E-state index in [1.54, 1.807) is 0 Å². The van der Waals surface area contributed by atoms with Gasteiger partial charge in [0.2, 0.25) is 0 Å². The van der Waals surface area contributed by atoms with Crippen LogP contribution in [0.4, 0.5) is 5.69 Å². The van der Waals surface area contributed by atoms with Gasteiger partial charge in [-0.25, -0.2) is 0 Å². The van der Waals surface area contributed by atoms with Crippen LogP contribution in [-0.4, -0.2) is 19.6 Å².